The highest BCUT2D eigenvalue weighted by Gasteiger charge is 2.14. The van der Waals surface area contributed by atoms with Gasteiger partial charge in [0.1, 0.15) is 5.82 Å². The molecule has 2 N–H and O–H groups in total. The van der Waals surface area contributed by atoms with Gasteiger partial charge in [-0.25, -0.2) is 4.39 Å². The number of rotatable bonds is 11. The summed E-state index contributed by atoms with van der Waals surface area (Å²) in [6, 6.07) is 17.8. The number of ether oxygens (including phenoxy) is 1. The molecular weight excluding hydrogens is 433 g/mol. The molecule has 2 aromatic carbocycles. The second-order valence-corrected chi connectivity index (χ2v) is 8.40. The molecule has 0 spiro atoms. The fraction of sp³-hybridized carbons (Fsp3) is 0.333. The number of aromatic nitrogens is 1. The van der Waals surface area contributed by atoms with Gasteiger partial charge in [-0.3, -0.25) is 9.59 Å². The Morgan fingerprint density at radius 3 is 2.35 bits per heavy atom. The highest BCUT2D eigenvalue weighted by molar-refractivity contribution is 5.88. The van der Waals surface area contributed by atoms with Crippen LogP contribution in [0, 0.1) is 5.82 Å². The number of amides is 2. The van der Waals surface area contributed by atoms with Crippen molar-refractivity contribution in [1.29, 1.82) is 0 Å². The smallest absolute Gasteiger partial charge is 0.221 e. The van der Waals surface area contributed by atoms with Gasteiger partial charge >= 0.3 is 0 Å². The first-order valence-electron chi connectivity index (χ1n) is 11.6. The zero-order chi connectivity index (χ0) is 24.5. The Morgan fingerprint density at radius 1 is 1.00 bits per heavy atom. The van der Waals surface area contributed by atoms with E-state index in [1.54, 1.807) is 12.1 Å². The number of nitrogens with zero attached hydrogens (tertiary/aromatic N) is 1. The van der Waals surface area contributed by atoms with Crippen molar-refractivity contribution in [2.75, 3.05) is 18.5 Å². The monoisotopic (exact) mass is 465 g/mol. The lowest BCUT2D eigenvalue weighted by Crippen LogP contribution is -2.26. The first-order chi connectivity index (χ1) is 16.3. The third-order valence-corrected chi connectivity index (χ3v) is 5.25. The molecule has 0 aliphatic carbocycles. The molecule has 3 rings (SSSR count). The zero-order valence-electron chi connectivity index (χ0n) is 19.9. The van der Waals surface area contributed by atoms with Crippen LogP contribution in [0.15, 0.2) is 60.7 Å². The molecule has 0 aliphatic rings. The van der Waals surface area contributed by atoms with E-state index >= 15 is 0 Å². The Labute approximate surface area is 200 Å². The molecule has 0 radical (unpaired) electrons. The normalized spacial score (nSPS) is 11.0. The number of hydrogen-bond donors (Lipinski definition) is 2. The van der Waals surface area contributed by atoms with Gasteiger partial charge in [-0.2, -0.15) is 0 Å². The number of hydrogen-bond acceptors (Lipinski definition) is 3. The topological polar surface area (TPSA) is 72.4 Å². The first-order valence-corrected chi connectivity index (χ1v) is 11.6. The molecule has 1 aromatic heterocycles. The summed E-state index contributed by atoms with van der Waals surface area (Å²) in [6.07, 6.45) is 1.85. The van der Waals surface area contributed by atoms with E-state index in [0.29, 0.717) is 31.7 Å². The van der Waals surface area contributed by atoms with Gasteiger partial charge in [0.25, 0.3) is 0 Å². The van der Waals surface area contributed by atoms with Crippen molar-refractivity contribution in [3.63, 3.8) is 0 Å². The number of nitrogens with one attached hydrogen (secondary N) is 2. The maximum atomic E-state index is 13.5. The summed E-state index contributed by atoms with van der Waals surface area (Å²) >= 11 is 0. The number of aryl methyl sites for hydroxylation is 1. The van der Waals surface area contributed by atoms with E-state index in [0.717, 1.165) is 29.1 Å². The summed E-state index contributed by atoms with van der Waals surface area (Å²) < 4.78 is 21.0. The molecule has 0 saturated carbocycles. The van der Waals surface area contributed by atoms with Crippen LogP contribution < -0.4 is 10.6 Å². The van der Waals surface area contributed by atoms with Gasteiger partial charge in [-0.15, -0.1) is 0 Å². The Hall–Kier alpha value is -3.45. The van der Waals surface area contributed by atoms with Gasteiger partial charge in [0, 0.05) is 43.6 Å². The SMILES string of the molecule is CC(=O)Nc1ccc(-n2c(CCC(=O)NCCCOC(C)C)ccc2-c2ccc(F)cc2)cc1. The van der Waals surface area contributed by atoms with E-state index in [-0.39, 0.29) is 23.7 Å². The highest BCUT2D eigenvalue weighted by Crippen LogP contribution is 2.28. The summed E-state index contributed by atoms with van der Waals surface area (Å²) in [4.78, 5) is 23.7. The lowest BCUT2D eigenvalue weighted by atomic mass is 10.1. The van der Waals surface area contributed by atoms with Gasteiger partial charge in [0.2, 0.25) is 11.8 Å². The molecule has 6 nitrogen and oxygen atoms in total. The van der Waals surface area contributed by atoms with Crippen LogP contribution in [-0.4, -0.2) is 35.6 Å². The molecule has 2 amide bonds. The highest BCUT2D eigenvalue weighted by atomic mass is 19.1. The van der Waals surface area contributed by atoms with E-state index < -0.39 is 0 Å². The lowest BCUT2D eigenvalue weighted by Gasteiger charge is -2.15. The van der Waals surface area contributed by atoms with Crippen molar-refractivity contribution < 1.29 is 18.7 Å². The van der Waals surface area contributed by atoms with Gasteiger partial charge in [0.15, 0.2) is 0 Å². The van der Waals surface area contributed by atoms with E-state index in [1.165, 1.54) is 19.1 Å². The van der Waals surface area contributed by atoms with Crippen LogP contribution in [0.5, 0.6) is 0 Å². The second-order valence-electron chi connectivity index (χ2n) is 8.40. The number of benzene rings is 2. The molecular formula is C27H32FN3O3. The molecule has 0 saturated heterocycles. The van der Waals surface area contributed by atoms with Crippen LogP contribution in [0.3, 0.4) is 0 Å². The Balaban J connectivity index is 1.76. The second kappa shape index (κ2) is 12.1. The maximum Gasteiger partial charge on any atom is 0.221 e. The predicted octanol–water partition coefficient (Wildman–Crippen LogP) is 5.11. The fourth-order valence-corrected chi connectivity index (χ4v) is 3.67. The lowest BCUT2D eigenvalue weighted by molar-refractivity contribution is -0.121. The average Bonchev–Trinajstić information content (AvgIpc) is 3.22. The number of carbonyl (C=O) groups excluding carboxylic acids is 2. The molecule has 0 unspecified atom stereocenters. The van der Waals surface area contributed by atoms with Gasteiger partial charge in [-0.05, 0) is 92.9 Å². The van der Waals surface area contributed by atoms with Crippen molar-refractivity contribution in [3.05, 3.63) is 72.2 Å². The van der Waals surface area contributed by atoms with Gasteiger partial charge < -0.3 is 19.9 Å². The number of halogens is 1. The molecule has 1 heterocycles. The van der Waals surface area contributed by atoms with Crippen LogP contribution in [0.25, 0.3) is 16.9 Å². The van der Waals surface area contributed by atoms with Crippen LogP contribution in [-0.2, 0) is 20.7 Å². The van der Waals surface area contributed by atoms with Crippen molar-refractivity contribution in [1.82, 2.24) is 9.88 Å². The maximum absolute atomic E-state index is 13.5. The molecule has 7 heteroatoms. The molecule has 34 heavy (non-hydrogen) atoms. The summed E-state index contributed by atoms with van der Waals surface area (Å²) in [6.45, 7) is 6.64. The van der Waals surface area contributed by atoms with E-state index in [2.05, 4.69) is 15.2 Å². The average molecular weight is 466 g/mol. The number of anilines is 1. The largest absolute Gasteiger partial charge is 0.379 e. The Bertz CT molecular complexity index is 1090. The third-order valence-electron chi connectivity index (χ3n) is 5.25. The molecule has 0 aliphatic heterocycles. The minimum absolute atomic E-state index is 0.0124. The van der Waals surface area contributed by atoms with Crippen LogP contribution in [0.1, 0.15) is 39.3 Å². The third kappa shape index (κ3) is 7.28. The van der Waals surface area contributed by atoms with Crippen molar-refractivity contribution in [2.24, 2.45) is 0 Å². The fourth-order valence-electron chi connectivity index (χ4n) is 3.67. The summed E-state index contributed by atoms with van der Waals surface area (Å²) in [5.41, 5.74) is 4.32. The first kappa shape index (κ1) is 25.2. The molecule has 180 valence electrons. The quantitative estimate of drug-likeness (QED) is 0.387. The van der Waals surface area contributed by atoms with E-state index in [9.17, 15) is 14.0 Å². The van der Waals surface area contributed by atoms with Gasteiger partial charge in [-0.1, -0.05) is 0 Å². The Kier molecular flexibility index (Phi) is 8.99. The summed E-state index contributed by atoms with van der Waals surface area (Å²) in [5, 5.41) is 5.71. The van der Waals surface area contributed by atoms with Crippen LogP contribution >= 0.6 is 0 Å². The molecule has 0 fully saturated rings. The number of carbonyl (C=O) groups is 2. The minimum Gasteiger partial charge on any atom is -0.379 e. The molecule has 3 aromatic rings. The van der Waals surface area contributed by atoms with Gasteiger partial charge in [0.05, 0.1) is 11.8 Å². The molecule has 0 bridgehead atoms. The molecule has 0 atom stereocenters. The standard InChI is InChI=1S/C27H32FN3O3/c1-19(2)34-18-4-17-29-27(33)16-14-25-13-15-26(21-5-7-22(28)8-6-21)31(25)24-11-9-23(10-12-24)30-20(3)32/h5-13,15,19H,4,14,16-18H2,1-3H3,(H,29,33)(H,30,32). The zero-order valence-corrected chi connectivity index (χ0v) is 19.9. The van der Waals surface area contributed by atoms with Crippen molar-refractivity contribution in [3.8, 4) is 16.9 Å². The van der Waals surface area contributed by atoms with E-state index in [4.69, 9.17) is 4.74 Å². The minimum atomic E-state index is -0.294. The Morgan fingerprint density at radius 2 is 1.71 bits per heavy atom. The van der Waals surface area contributed by atoms with E-state index in [1.807, 2.05) is 50.2 Å². The summed E-state index contributed by atoms with van der Waals surface area (Å²) in [7, 11) is 0. The van der Waals surface area contributed by atoms with Crippen LogP contribution in [0.4, 0.5) is 10.1 Å². The predicted molar refractivity (Wildman–Crippen MR) is 133 cm³/mol. The van der Waals surface area contributed by atoms with Crippen molar-refractivity contribution in [2.45, 2.75) is 46.1 Å². The van der Waals surface area contributed by atoms with Crippen LogP contribution in [0.2, 0.25) is 0 Å². The van der Waals surface area contributed by atoms with Crippen molar-refractivity contribution >= 4 is 17.5 Å². The summed E-state index contributed by atoms with van der Waals surface area (Å²) in [5.74, 6) is -0.443.